The van der Waals surface area contributed by atoms with Crippen LogP contribution in [0.15, 0.2) is 10.7 Å². The van der Waals surface area contributed by atoms with E-state index >= 15 is 0 Å². The van der Waals surface area contributed by atoms with Crippen molar-refractivity contribution in [3.8, 4) is 0 Å². The van der Waals surface area contributed by atoms with Gasteiger partial charge in [-0.25, -0.2) is 4.98 Å². The second kappa shape index (κ2) is 3.43. The van der Waals surface area contributed by atoms with Crippen LogP contribution in [0.2, 0.25) is 5.15 Å². The number of anilines is 1. The van der Waals surface area contributed by atoms with Crippen LogP contribution in [0, 0.1) is 0 Å². The van der Waals surface area contributed by atoms with E-state index in [1.165, 1.54) is 0 Å². The molecule has 1 amide bonds. The van der Waals surface area contributed by atoms with Crippen molar-refractivity contribution in [3.63, 3.8) is 0 Å². The maximum absolute atomic E-state index is 11.5. The Balaban J connectivity index is 2.70. The van der Waals surface area contributed by atoms with Crippen LogP contribution in [0.5, 0.6) is 0 Å². The van der Waals surface area contributed by atoms with Crippen LogP contribution in [-0.4, -0.2) is 10.9 Å². The molecule has 0 spiro atoms. The summed E-state index contributed by atoms with van der Waals surface area (Å²) in [6.45, 7) is 0. The van der Waals surface area contributed by atoms with Crippen molar-refractivity contribution < 1.29 is 4.79 Å². The van der Waals surface area contributed by atoms with Gasteiger partial charge in [0.15, 0.2) is 3.23 Å². The molecule has 1 aromatic heterocycles. The minimum Gasteiger partial charge on any atom is -0.322 e. The van der Waals surface area contributed by atoms with Gasteiger partial charge in [0.1, 0.15) is 5.15 Å². The van der Waals surface area contributed by atoms with Crippen molar-refractivity contribution >= 4 is 71.0 Å². The zero-order valence-electron chi connectivity index (χ0n) is 6.44. The van der Waals surface area contributed by atoms with Crippen molar-refractivity contribution in [1.82, 2.24) is 4.98 Å². The van der Waals surface area contributed by atoms with Gasteiger partial charge in [-0.3, -0.25) is 4.79 Å². The van der Waals surface area contributed by atoms with Gasteiger partial charge in [0.2, 0.25) is 0 Å². The summed E-state index contributed by atoms with van der Waals surface area (Å²) in [5.74, 6) is -0.197. The van der Waals surface area contributed by atoms with Gasteiger partial charge in [0, 0.05) is 11.8 Å². The second-order valence-electron chi connectivity index (χ2n) is 2.68. The zero-order valence-corrected chi connectivity index (χ0v) is 12.0. The van der Waals surface area contributed by atoms with Gasteiger partial charge in [0.25, 0.3) is 5.91 Å². The number of carbonyl (C=O) groups excluding carboxylic acids is 1. The van der Waals surface area contributed by atoms with E-state index in [0.717, 1.165) is 0 Å². The van der Waals surface area contributed by atoms with E-state index in [4.69, 9.17) is 11.6 Å². The van der Waals surface area contributed by atoms with Gasteiger partial charge in [-0.05, 0) is 15.9 Å². The number of hydrogen-bond acceptors (Lipinski definition) is 2. The highest BCUT2D eigenvalue weighted by molar-refractivity contribution is 9.25. The summed E-state index contributed by atoms with van der Waals surface area (Å²) in [4.78, 5) is 15.5. The zero-order chi connectivity index (χ0) is 10.5. The number of rotatable bonds is 0. The Hall–Kier alpha value is 0.350. The summed E-state index contributed by atoms with van der Waals surface area (Å²) in [5, 5.41) is 3.01. The fourth-order valence-corrected chi connectivity index (χ4v) is 2.50. The average molecular weight is 405 g/mol. The second-order valence-corrected chi connectivity index (χ2v) is 7.27. The molecule has 0 unspecified atom stereocenters. The molecule has 1 N–H and O–H groups in total. The van der Waals surface area contributed by atoms with Crippen molar-refractivity contribution in [2.45, 2.75) is 3.23 Å². The van der Waals surface area contributed by atoms with Crippen molar-refractivity contribution in [2.75, 3.05) is 5.32 Å². The van der Waals surface area contributed by atoms with E-state index in [1.807, 2.05) is 0 Å². The van der Waals surface area contributed by atoms with Crippen molar-refractivity contribution in [3.05, 3.63) is 21.4 Å². The number of fused-ring (bicyclic) bond motifs is 1. The molecule has 0 saturated heterocycles. The molecule has 0 bridgehead atoms. The molecule has 0 saturated carbocycles. The van der Waals surface area contributed by atoms with Gasteiger partial charge >= 0.3 is 0 Å². The number of hydrogen-bond donors (Lipinski definition) is 1. The standard InChI is InChI=1S/C7H2Br3ClN2O/c8-3-4-2(1-12-5(3)11)7(9,10)6(14)13-4/h1H,(H,13,14). The normalized spacial score (nSPS) is 17.9. The van der Waals surface area contributed by atoms with E-state index in [9.17, 15) is 4.79 Å². The number of pyridine rings is 1. The van der Waals surface area contributed by atoms with Gasteiger partial charge in [-0.15, -0.1) is 0 Å². The predicted octanol–water partition coefficient (Wildman–Crippen LogP) is 3.39. The molecule has 0 radical (unpaired) electrons. The quantitative estimate of drug-likeness (QED) is 0.531. The molecular weight excluding hydrogens is 403 g/mol. The van der Waals surface area contributed by atoms with Gasteiger partial charge in [0.05, 0.1) is 10.2 Å². The van der Waals surface area contributed by atoms with Gasteiger partial charge in [-0.2, -0.15) is 0 Å². The molecule has 1 aliphatic heterocycles. The van der Waals surface area contributed by atoms with Crippen LogP contribution in [0.25, 0.3) is 0 Å². The maximum Gasteiger partial charge on any atom is 0.256 e. The molecule has 2 heterocycles. The summed E-state index contributed by atoms with van der Waals surface area (Å²) < 4.78 is -0.319. The Kier molecular flexibility index (Phi) is 2.66. The van der Waals surface area contributed by atoms with Gasteiger partial charge < -0.3 is 5.32 Å². The van der Waals surface area contributed by atoms with Gasteiger partial charge in [-0.1, -0.05) is 43.5 Å². The van der Waals surface area contributed by atoms with E-state index in [0.29, 0.717) is 20.9 Å². The first-order chi connectivity index (χ1) is 6.44. The summed E-state index contributed by atoms with van der Waals surface area (Å²) in [7, 11) is 0. The Morgan fingerprint density at radius 1 is 1.50 bits per heavy atom. The van der Waals surface area contributed by atoms with E-state index in [1.54, 1.807) is 6.20 Å². The average Bonchev–Trinajstić information content (AvgIpc) is 2.33. The largest absolute Gasteiger partial charge is 0.322 e. The van der Waals surface area contributed by atoms with Crippen LogP contribution >= 0.6 is 59.4 Å². The first-order valence-electron chi connectivity index (χ1n) is 3.48. The number of carbonyl (C=O) groups is 1. The van der Waals surface area contributed by atoms with Crippen LogP contribution in [0.4, 0.5) is 5.69 Å². The van der Waals surface area contributed by atoms with Crippen molar-refractivity contribution in [2.24, 2.45) is 0 Å². The number of amides is 1. The molecule has 0 fully saturated rings. The lowest BCUT2D eigenvalue weighted by Crippen LogP contribution is -2.20. The summed E-state index contributed by atoms with van der Waals surface area (Å²) in [5.41, 5.74) is 1.35. The number of halogens is 4. The number of nitrogens with zero attached hydrogens (tertiary/aromatic N) is 1. The Bertz CT molecular complexity index is 435. The topological polar surface area (TPSA) is 42.0 Å². The fourth-order valence-electron chi connectivity index (χ4n) is 1.14. The fraction of sp³-hybridized carbons (Fsp3) is 0.143. The molecule has 1 aromatic rings. The molecule has 0 aliphatic carbocycles. The van der Waals surface area contributed by atoms with Crippen LogP contribution in [-0.2, 0) is 8.03 Å². The molecule has 3 nitrogen and oxygen atoms in total. The molecule has 74 valence electrons. The van der Waals surface area contributed by atoms with Crippen LogP contribution in [0.3, 0.4) is 0 Å². The van der Waals surface area contributed by atoms with Crippen LogP contribution in [0.1, 0.15) is 5.56 Å². The monoisotopic (exact) mass is 402 g/mol. The number of aromatic nitrogens is 1. The third-order valence-electron chi connectivity index (χ3n) is 1.84. The maximum atomic E-state index is 11.5. The third-order valence-corrected chi connectivity index (χ3v) is 4.70. The summed E-state index contributed by atoms with van der Waals surface area (Å²) in [6.07, 6.45) is 1.55. The number of alkyl halides is 2. The molecule has 7 heteroatoms. The lowest BCUT2D eigenvalue weighted by Gasteiger charge is -2.09. The SMILES string of the molecule is O=C1Nc2c(cnc(Cl)c2Br)C1(Br)Br. The molecule has 0 atom stereocenters. The highest BCUT2D eigenvalue weighted by Crippen LogP contribution is 2.50. The number of nitrogens with one attached hydrogen (secondary N) is 1. The predicted molar refractivity (Wildman–Crippen MR) is 65.1 cm³/mol. The van der Waals surface area contributed by atoms with Crippen LogP contribution < -0.4 is 5.32 Å². The first kappa shape index (κ1) is 10.9. The Morgan fingerprint density at radius 2 is 2.14 bits per heavy atom. The summed E-state index contributed by atoms with van der Waals surface area (Å²) >= 11 is 15.6. The molecule has 0 aromatic carbocycles. The Morgan fingerprint density at radius 3 is 2.79 bits per heavy atom. The molecule has 2 rings (SSSR count). The molecular formula is C7H2Br3ClN2O. The van der Waals surface area contributed by atoms with E-state index in [2.05, 4.69) is 58.1 Å². The van der Waals surface area contributed by atoms with E-state index in [-0.39, 0.29) is 5.91 Å². The van der Waals surface area contributed by atoms with E-state index < -0.39 is 3.23 Å². The Labute approximate surface area is 110 Å². The smallest absolute Gasteiger partial charge is 0.256 e. The minimum atomic E-state index is -0.907. The molecule has 1 aliphatic rings. The first-order valence-corrected chi connectivity index (χ1v) is 6.24. The van der Waals surface area contributed by atoms with Crippen molar-refractivity contribution in [1.29, 1.82) is 0 Å². The lowest BCUT2D eigenvalue weighted by atomic mass is 10.2. The highest BCUT2D eigenvalue weighted by atomic mass is 79.9. The summed E-state index contributed by atoms with van der Waals surface area (Å²) in [6, 6.07) is 0. The highest BCUT2D eigenvalue weighted by Gasteiger charge is 2.44. The molecule has 14 heavy (non-hydrogen) atoms. The lowest BCUT2D eigenvalue weighted by molar-refractivity contribution is -0.115. The minimum absolute atomic E-state index is 0.197. The third kappa shape index (κ3) is 1.43.